The van der Waals surface area contributed by atoms with Gasteiger partial charge in [-0.1, -0.05) is 0 Å². The topological polar surface area (TPSA) is 39.9 Å². The number of methoxy groups -OCH3 is 1. The van der Waals surface area contributed by atoms with Crippen LogP contribution in [0.5, 0.6) is 0 Å². The van der Waals surface area contributed by atoms with Crippen molar-refractivity contribution in [3.63, 3.8) is 0 Å². The molecule has 1 unspecified atom stereocenters. The Labute approximate surface area is 76.5 Å². The van der Waals surface area contributed by atoms with E-state index in [1.165, 1.54) is 0 Å². The minimum atomic E-state index is 0.178. The summed E-state index contributed by atoms with van der Waals surface area (Å²) < 4.78 is 6.84. The van der Waals surface area contributed by atoms with Crippen molar-refractivity contribution in [3.05, 3.63) is 11.1 Å². The number of aromatic nitrogens is 3. The first-order valence-corrected chi connectivity index (χ1v) is 4.10. The van der Waals surface area contributed by atoms with Crippen LogP contribution in [0.25, 0.3) is 0 Å². The van der Waals surface area contributed by atoms with Crippen LogP contribution < -0.4 is 0 Å². The number of nitrogens with zero attached hydrogens (tertiary/aromatic N) is 3. The van der Waals surface area contributed by atoms with Gasteiger partial charge in [0.05, 0.1) is 12.6 Å². The summed E-state index contributed by atoms with van der Waals surface area (Å²) in [4.78, 5) is 0. The summed E-state index contributed by atoms with van der Waals surface area (Å²) in [7, 11) is 1.66. The first kappa shape index (κ1) is 9.48. The Morgan fingerprint density at radius 3 is 2.67 bits per heavy atom. The van der Waals surface area contributed by atoms with Gasteiger partial charge in [-0.05, 0) is 25.4 Å². The second-order valence-corrected chi connectivity index (χ2v) is 3.03. The normalized spacial score (nSPS) is 13.3. The second kappa shape index (κ2) is 3.87. The standard InChI is InChI=1S/C7H12ClN3O/c1-5(4-12-3)11-6(2)9-10-7(11)8/h5H,4H2,1-3H3. The number of ether oxygens (including phenoxy) is 1. The fraction of sp³-hybridized carbons (Fsp3) is 0.714. The Morgan fingerprint density at radius 2 is 2.25 bits per heavy atom. The van der Waals surface area contributed by atoms with Crippen molar-refractivity contribution in [2.45, 2.75) is 19.9 Å². The Kier molecular flexibility index (Phi) is 3.05. The van der Waals surface area contributed by atoms with Crippen LogP contribution in [0.4, 0.5) is 0 Å². The van der Waals surface area contributed by atoms with Gasteiger partial charge in [-0.15, -0.1) is 10.2 Å². The van der Waals surface area contributed by atoms with Gasteiger partial charge in [0, 0.05) is 7.11 Å². The van der Waals surface area contributed by atoms with Crippen molar-refractivity contribution < 1.29 is 4.74 Å². The first-order valence-electron chi connectivity index (χ1n) is 3.72. The molecule has 12 heavy (non-hydrogen) atoms. The van der Waals surface area contributed by atoms with Crippen molar-refractivity contribution >= 4 is 11.6 Å². The van der Waals surface area contributed by atoms with Crippen LogP contribution in [0, 0.1) is 6.92 Å². The summed E-state index contributed by atoms with van der Waals surface area (Å²) in [6, 6.07) is 0.178. The second-order valence-electron chi connectivity index (χ2n) is 2.69. The van der Waals surface area contributed by atoms with Gasteiger partial charge in [-0.2, -0.15) is 0 Å². The fourth-order valence-corrected chi connectivity index (χ4v) is 1.49. The van der Waals surface area contributed by atoms with Crippen molar-refractivity contribution in [2.24, 2.45) is 0 Å². The average Bonchev–Trinajstić information content (AvgIpc) is 2.32. The minimum absolute atomic E-state index is 0.178. The van der Waals surface area contributed by atoms with Gasteiger partial charge in [0.25, 0.3) is 0 Å². The van der Waals surface area contributed by atoms with Gasteiger partial charge in [-0.25, -0.2) is 0 Å². The number of rotatable bonds is 3. The lowest BCUT2D eigenvalue weighted by molar-refractivity contribution is 0.161. The van der Waals surface area contributed by atoms with Crippen LogP contribution in [0.3, 0.4) is 0 Å². The molecule has 68 valence electrons. The molecule has 5 heteroatoms. The maximum absolute atomic E-state index is 5.81. The molecule has 0 saturated heterocycles. The zero-order valence-corrected chi connectivity index (χ0v) is 8.17. The number of aryl methyl sites for hydroxylation is 1. The van der Waals surface area contributed by atoms with E-state index in [2.05, 4.69) is 10.2 Å². The largest absolute Gasteiger partial charge is 0.383 e. The summed E-state index contributed by atoms with van der Waals surface area (Å²) in [5.41, 5.74) is 0. The molecule has 1 aromatic rings. The lowest BCUT2D eigenvalue weighted by Gasteiger charge is -2.13. The Balaban J connectivity index is 2.85. The van der Waals surface area contributed by atoms with Crippen LogP contribution in [-0.4, -0.2) is 28.5 Å². The molecule has 1 atom stereocenters. The Bertz CT molecular complexity index is 242. The quantitative estimate of drug-likeness (QED) is 0.723. The summed E-state index contributed by atoms with van der Waals surface area (Å²) in [5, 5.41) is 8.00. The van der Waals surface area contributed by atoms with Crippen molar-refractivity contribution in [3.8, 4) is 0 Å². The average molecular weight is 190 g/mol. The molecule has 1 heterocycles. The van der Waals surface area contributed by atoms with E-state index in [0.717, 1.165) is 5.82 Å². The van der Waals surface area contributed by atoms with Gasteiger partial charge in [0.15, 0.2) is 0 Å². The van der Waals surface area contributed by atoms with Crippen molar-refractivity contribution in [2.75, 3.05) is 13.7 Å². The lowest BCUT2D eigenvalue weighted by atomic mass is 10.3. The monoisotopic (exact) mass is 189 g/mol. The highest BCUT2D eigenvalue weighted by Gasteiger charge is 2.12. The first-order chi connectivity index (χ1) is 5.66. The van der Waals surface area contributed by atoms with Crippen LogP contribution in [0.1, 0.15) is 18.8 Å². The zero-order chi connectivity index (χ0) is 9.14. The van der Waals surface area contributed by atoms with Crippen LogP contribution >= 0.6 is 11.6 Å². The van der Waals surface area contributed by atoms with Crippen LogP contribution in [0.15, 0.2) is 0 Å². The molecule has 0 N–H and O–H groups in total. The number of hydrogen-bond donors (Lipinski definition) is 0. The molecule has 0 aliphatic rings. The van der Waals surface area contributed by atoms with Crippen LogP contribution in [0.2, 0.25) is 5.28 Å². The highest BCUT2D eigenvalue weighted by molar-refractivity contribution is 6.28. The van der Waals surface area contributed by atoms with Gasteiger partial charge in [0.1, 0.15) is 5.82 Å². The maximum atomic E-state index is 5.81. The lowest BCUT2D eigenvalue weighted by Crippen LogP contribution is -2.12. The van der Waals surface area contributed by atoms with Crippen molar-refractivity contribution in [1.29, 1.82) is 0 Å². The van der Waals surface area contributed by atoms with Gasteiger partial charge < -0.3 is 4.74 Å². The number of hydrogen-bond acceptors (Lipinski definition) is 3. The molecule has 0 radical (unpaired) electrons. The van der Waals surface area contributed by atoms with E-state index in [1.807, 2.05) is 18.4 Å². The Hall–Kier alpha value is -0.610. The molecule has 4 nitrogen and oxygen atoms in total. The van der Waals surface area contributed by atoms with Gasteiger partial charge >= 0.3 is 0 Å². The number of halogens is 1. The molecule has 1 aromatic heterocycles. The van der Waals surface area contributed by atoms with Gasteiger partial charge in [-0.3, -0.25) is 4.57 Å². The molecule has 0 spiro atoms. The SMILES string of the molecule is COCC(C)n1c(C)nnc1Cl. The fourth-order valence-electron chi connectivity index (χ4n) is 1.16. The molecular weight excluding hydrogens is 178 g/mol. The zero-order valence-electron chi connectivity index (χ0n) is 7.41. The molecule has 0 bridgehead atoms. The van der Waals surface area contributed by atoms with E-state index in [1.54, 1.807) is 7.11 Å². The smallest absolute Gasteiger partial charge is 0.225 e. The molecule has 0 aliphatic carbocycles. The summed E-state index contributed by atoms with van der Waals surface area (Å²) >= 11 is 5.81. The third kappa shape index (κ3) is 1.76. The molecule has 1 rings (SSSR count). The highest BCUT2D eigenvalue weighted by Crippen LogP contribution is 2.15. The molecular formula is C7H12ClN3O. The molecule has 0 aliphatic heterocycles. The summed E-state index contributed by atoms with van der Waals surface area (Å²) in [5.74, 6) is 0.810. The van der Waals surface area contributed by atoms with Crippen LogP contribution in [-0.2, 0) is 4.74 Å². The molecule has 0 aromatic carbocycles. The third-order valence-corrected chi connectivity index (χ3v) is 1.93. The maximum Gasteiger partial charge on any atom is 0.225 e. The summed E-state index contributed by atoms with van der Waals surface area (Å²) in [6.07, 6.45) is 0. The molecule has 0 fully saturated rings. The van der Waals surface area contributed by atoms with E-state index in [0.29, 0.717) is 11.9 Å². The van der Waals surface area contributed by atoms with E-state index in [9.17, 15) is 0 Å². The van der Waals surface area contributed by atoms with Gasteiger partial charge in [0.2, 0.25) is 5.28 Å². The predicted molar refractivity (Wildman–Crippen MR) is 46.4 cm³/mol. The highest BCUT2D eigenvalue weighted by atomic mass is 35.5. The van der Waals surface area contributed by atoms with Crippen molar-refractivity contribution in [1.82, 2.24) is 14.8 Å². The Morgan fingerprint density at radius 1 is 1.58 bits per heavy atom. The molecule has 0 amide bonds. The van der Waals surface area contributed by atoms with E-state index in [-0.39, 0.29) is 6.04 Å². The van der Waals surface area contributed by atoms with E-state index in [4.69, 9.17) is 16.3 Å². The predicted octanol–water partition coefficient (Wildman–Crippen LogP) is 1.45. The van der Waals surface area contributed by atoms with E-state index >= 15 is 0 Å². The molecule has 0 saturated carbocycles. The third-order valence-electron chi connectivity index (χ3n) is 1.67. The van der Waals surface area contributed by atoms with E-state index < -0.39 is 0 Å². The summed E-state index contributed by atoms with van der Waals surface area (Å²) in [6.45, 7) is 4.48. The minimum Gasteiger partial charge on any atom is -0.383 e.